The topological polar surface area (TPSA) is 95.7 Å². The number of benzene rings is 3. The highest BCUT2D eigenvalue weighted by atomic mass is 16.3. The molecule has 0 saturated heterocycles. The Labute approximate surface area is 174 Å². The molecular formula is C24H23N3O3. The van der Waals surface area contributed by atoms with Gasteiger partial charge in [0.25, 0.3) is 5.91 Å². The lowest BCUT2D eigenvalue weighted by molar-refractivity contribution is 0.0916. The zero-order chi connectivity index (χ0) is 21.1. The predicted octanol–water partition coefficient (Wildman–Crippen LogP) is 3.13. The van der Waals surface area contributed by atoms with Gasteiger partial charge in [0.05, 0.1) is 18.7 Å². The van der Waals surface area contributed by atoms with Gasteiger partial charge >= 0.3 is 6.03 Å². The van der Waals surface area contributed by atoms with Crippen LogP contribution in [0.25, 0.3) is 0 Å². The third kappa shape index (κ3) is 3.77. The van der Waals surface area contributed by atoms with Gasteiger partial charge in [-0.3, -0.25) is 4.79 Å². The molecule has 6 heteroatoms. The molecule has 1 aliphatic heterocycles. The van der Waals surface area contributed by atoms with Crippen LogP contribution in [0.1, 0.15) is 44.7 Å². The van der Waals surface area contributed by atoms with Gasteiger partial charge in [0.15, 0.2) is 0 Å². The summed E-state index contributed by atoms with van der Waals surface area (Å²) < 4.78 is 0. The number of primary amides is 1. The van der Waals surface area contributed by atoms with E-state index in [0.29, 0.717) is 12.1 Å². The van der Waals surface area contributed by atoms with Crippen molar-refractivity contribution < 1.29 is 14.7 Å². The number of aliphatic hydroxyl groups is 1. The SMILES string of the molecule is NC(=O)N1Cc2ccccc2C1c1ccc(C(=O)N[C@H](CO)c2ccccc2)cc1. The van der Waals surface area contributed by atoms with Crippen molar-refractivity contribution in [3.8, 4) is 0 Å². The molecule has 0 radical (unpaired) electrons. The normalized spacial score (nSPS) is 16.0. The Hall–Kier alpha value is -3.64. The number of rotatable bonds is 5. The summed E-state index contributed by atoms with van der Waals surface area (Å²) in [4.78, 5) is 26.3. The van der Waals surface area contributed by atoms with Gasteiger partial charge in [-0.25, -0.2) is 4.79 Å². The van der Waals surface area contributed by atoms with Gasteiger partial charge in [-0.2, -0.15) is 0 Å². The van der Waals surface area contributed by atoms with E-state index in [4.69, 9.17) is 5.73 Å². The van der Waals surface area contributed by atoms with Crippen LogP contribution in [-0.4, -0.2) is 28.6 Å². The third-order valence-corrected chi connectivity index (χ3v) is 5.46. The van der Waals surface area contributed by atoms with E-state index >= 15 is 0 Å². The van der Waals surface area contributed by atoms with Crippen LogP contribution in [0.2, 0.25) is 0 Å². The van der Waals surface area contributed by atoms with Gasteiger partial charge in [0.1, 0.15) is 0 Å². The van der Waals surface area contributed by atoms with Gasteiger partial charge in [0.2, 0.25) is 0 Å². The maximum atomic E-state index is 12.7. The molecule has 0 spiro atoms. The summed E-state index contributed by atoms with van der Waals surface area (Å²) in [6.45, 7) is 0.272. The summed E-state index contributed by atoms with van der Waals surface area (Å²) in [6.07, 6.45) is 0. The first-order valence-electron chi connectivity index (χ1n) is 9.79. The van der Waals surface area contributed by atoms with E-state index in [2.05, 4.69) is 5.32 Å². The average molecular weight is 401 g/mol. The maximum Gasteiger partial charge on any atom is 0.315 e. The van der Waals surface area contributed by atoms with Crippen molar-refractivity contribution in [1.29, 1.82) is 0 Å². The summed E-state index contributed by atoms with van der Waals surface area (Å²) in [6, 6.07) is 23.1. The minimum Gasteiger partial charge on any atom is -0.394 e. The number of nitrogens with zero attached hydrogens (tertiary/aromatic N) is 1. The second kappa shape index (κ2) is 8.39. The summed E-state index contributed by atoms with van der Waals surface area (Å²) in [5.41, 5.74) is 9.91. The molecule has 0 aliphatic carbocycles. The number of hydrogen-bond acceptors (Lipinski definition) is 3. The van der Waals surface area contributed by atoms with E-state index in [9.17, 15) is 14.7 Å². The van der Waals surface area contributed by atoms with Crippen molar-refractivity contribution in [2.24, 2.45) is 5.73 Å². The number of carbonyl (C=O) groups excluding carboxylic acids is 2. The lowest BCUT2D eigenvalue weighted by Crippen LogP contribution is -2.34. The first kappa shape index (κ1) is 19.7. The lowest BCUT2D eigenvalue weighted by Gasteiger charge is -2.24. The van der Waals surface area contributed by atoms with Gasteiger partial charge in [-0.05, 0) is 34.4 Å². The van der Waals surface area contributed by atoms with Crippen molar-refractivity contribution in [2.45, 2.75) is 18.6 Å². The second-order valence-corrected chi connectivity index (χ2v) is 7.31. The van der Waals surface area contributed by atoms with Crippen LogP contribution in [0, 0.1) is 0 Å². The Bertz CT molecular complexity index is 1050. The Balaban J connectivity index is 1.55. The average Bonchev–Trinajstić information content (AvgIpc) is 3.18. The van der Waals surface area contributed by atoms with Crippen LogP contribution in [0.4, 0.5) is 4.79 Å². The number of fused-ring (bicyclic) bond motifs is 1. The molecule has 30 heavy (non-hydrogen) atoms. The molecule has 3 aromatic rings. The predicted molar refractivity (Wildman–Crippen MR) is 114 cm³/mol. The molecule has 0 bridgehead atoms. The second-order valence-electron chi connectivity index (χ2n) is 7.31. The molecule has 2 atom stereocenters. The molecule has 3 aromatic carbocycles. The molecule has 0 aromatic heterocycles. The first-order chi connectivity index (χ1) is 14.6. The number of nitrogens with two attached hydrogens (primary N) is 1. The number of aliphatic hydroxyl groups excluding tert-OH is 1. The van der Waals surface area contributed by atoms with Crippen molar-refractivity contribution in [3.63, 3.8) is 0 Å². The van der Waals surface area contributed by atoms with Gasteiger partial charge < -0.3 is 21.1 Å². The van der Waals surface area contributed by atoms with E-state index in [0.717, 1.165) is 22.3 Å². The Morgan fingerprint density at radius 3 is 2.33 bits per heavy atom. The molecule has 1 unspecified atom stereocenters. The monoisotopic (exact) mass is 401 g/mol. The van der Waals surface area contributed by atoms with Crippen molar-refractivity contribution >= 4 is 11.9 Å². The first-order valence-corrected chi connectivity index (χ1v) is 9.79. The molecule has 4 N–H and O–H groups in total. The Kier molecular flexibility index (Phi) is 5.50. The quantitative estimate of drug-likeness (QED) is 0.613. The molecule has 4 rings (SSSR count). The number of hydrogen-bond donors (Lipinski definition) is 3. The maximum absolute atomic E-state index is 12.7. The van der Waals surface area contributed by atoms with Crippen molar-refractivity contribution in [2.75, 3.05) is 6.61 Å². The molecule has 1 aliphatic rings. The largest absolute Gasteiger partial charge is 0.394 e. The van der Waals surface area contributed by atoms with E-state index < -0.39 is 12.1 Å². The van der Waals surface area contributed by atoms with Crippen molar-refractivity contribution in [3.05, 3.63) is 107 Å². The Morgan fingerprint density at radius 1 is 1.00 bits per heavy atom. The molecule has 3 amide bonds. The number of carbonyl (C=O) groups is 2. The smallest absolute Gasteiger partial charge is 0.315 e. The van der Waals surface area contributed by atoms with E-state index in [-0.39, 0.29) is 18.6 Å². The third-order valence-electron chi connectivity index (χ3n) is 5.46. The highest BCUT2D eigenvalue weighted by Gasteiger charge is 2.33. The van der Waals surface area contributed by atoms with E-state index in [1.165, 1.54) is 0 Å². The van der Waals surface area contributed by atoms with E-state index in [1.54, 1.807) is 17.0 Å². The zero-order valence-corrected chi connectivity index (χ0v) is 16.4. The minimum atomic E-state index is -0.481. The van der Waals surface area contributed by atoms with Gasteiger partial charge in [-0.1, -0.05) is 66.7 Å². The van der Waals surface area contributed by atoms with Crippen LogP contribution in [0.15, 0.2) is 78.9 Å². The highest BCUT2D eigenvalue weighted by molar-refractivity contribution is 5.94. The fourth-order valence-electron chi connectivity index (χ4n) is 3.93. The molecule has 6 nitrogen and oxygen atoms in total. The summed E-state index contributed by atoms with van der Waals surface area (Å²) in [5, 5.41) is 12.5. The van der Waals surface area contributed by atoms with E-state index in [1.807, 2.05) is 66.7 Å². The zero-order valence-electron chi connectivity index (χ0n) is 16.4. The molecule has 0 saturated carbocycles. The van der Waals surface area contributed by atoms with Crippen LogP contribution in [0.3, 0.4) is 0 Å². The summed E-state index contributed by atoms with van der Waals surface area (Å²) in [7, 11) is 0. The lowest BCUT2D eigenvalue weighted by atomic mass is 9.97. The number of urea groups is 1. The fourth-order valence-corrected chi connectivity index (χ4v) is 3.93. The minimum absolute atomic E-state index is 0.194. The van der Waals surface area contributed by atoms with Crippen LogP contribution >= 0.6 is 0 Å². The molecular weight excluding hydrogens is 378 g/mol. The summed E-state index contributed by atoms with van der Waals surface area (Å²) in [5.74, 6) is -0.275. The van der Waals surface area contributed by atoms with Gasteiger partial charge in [-0.15, -0.1) is 0 Å². The highest BCUT2D eigenvalue weighted by Crippen LogP contribution is 2.38. The molecule has 0 fully saturated rings. The molecule has 152 valence electrons. The molecule has 1 heterocycles. The van der Waals surface area contributed by atoms with Crippen molar-refractivity contribution in [1.82, 2.24) is 10.2 Å². The standard InChI is InChI=1S/C24H23N3O3/c25-24(30)27-14-19-8-4-5-9-20(19)22(27)17-10-12-18(13-11-17)23(29)26-21(15-28)16-6-2-1-3-7-16/h1-13,21-22,28H,14-15H2,(H2,25,30)(H,26,29)/t21-,22?/m1/s1. The van der Waals surface area contributed by atoms with Gasteiger partial charge in [0, 0.05) is 12.1 Å². The fraction of sp³-hybridized carbons (Fsp3) is 0.167. The number of nitrogens with one attached hydrogen (secondary N) is 1. The Morgan fingerprint density at radius 2 is 1.67 bits per heavy atom. The van der Waals surface area contributed by atoms with Crippen LogP contribution in [0.5, 0.6) is 0 Å². The summed E-state index contributed by atoms with van der Waals surface area (Å²) >= 11 is 0. The van der Waals surface area contributed by atoms with Crippen LogP contribution < -0.4 is 11.1 Å². The van der Waals surface area contributed by atoms with Crippen LogP contribution in [-0.2, 0) is 6.54 Å². The number of amides is 3.